The summed E-state index contributed by atoms with van der Waals surface area (Å²) in [5.74, 6) is -2.69. The van der Waals surface area contributed by atoms with E-state index < -0.39 is 29.5 Å². The molecule has 0 saturated heterocycles. The molecule has 0 bridgehead atoms. The van der Waals surface area contributed by atoms with Gasteiger partial charge in [-0.25, -0.2) is 9.18 Å². The fourth-order valence-corrected chi connectivity index (χ4v) is 3.83. The molecule has 0 spiro atoms. The second kappa shape index (κ2) is 8.89. The molecular weight excluding hydrogens is 409 g/mol. The molecule has 0 saturated carbocycles. The van der Waals surface area contributed by atoms with Gasteiger partial charge < -0.3 is 10.2 Å². The Morgan fingerprint density at radius 3 is 2.47 bits per heavy atom. The third-order valence-electron chi connectivity index (χ3n) is 5.30. The van der Waals surface area contributed by atoms with Gasteiger partial charge in [0, 0.05) is 11.3 Å². The molecule has 3 aromatic carbocycles. The van der Waals surface area contributed by atoms with Gasteiger partial charge in [0.15, 0.2) is 5.76 Å². The van der Waals surface area contributed by atoms with Crippen LogP contribution in [0.2, 0.25) is 0 Å². The zero-order valence-electron chi connectivity index (χ0n) is 17.0. The van der Waals surface area contributed by atoms with Crippen molar-refractivity contribution < 1.29 is 24.2 Å². The first-order valence-electron chi connectivity index (χ1n) is 10.0. The van der Waals surface area contributed by atoms with Gasteiger partial charge in [-0.05, 0) is 47.9 Å². The lowest BCUT2D eigenvalue weighted by Gasteiger charge is -2.27. The summed E-state index contributed by atoms with van der Waals surface area (Å²) in [7, 11) is 0. The molecule has 0 aliphatic carbocycles. The highest BCUT2D eigenvalue weighted by molar-refractivity contribution is 6.09. The van der Waals surface area contributed by atoms with Gasteiger partial charge in [-0.3, -0.25) is 9.69 Å². The van der Waals surface area contributed by atoms with E-state index >= 15 is 0 Å². The van der Waals surface area contributed by atoms with E-state index in [0.29, 0.717) is 16.8 Å². The average molecular weight is 429 g/mol. The van der Waals surface area contributed by atoms with Crippen LogP contribution < -0.4 is 4.90 Å². The van der Waals surface area contributed by atoms with Crippen molar-refractivity contribution in [2.45, 2.75) is 12.5 Å². The number of hydrogen-bond acceptors (Lipinski definition) is 3. The monoisotopic (exact) mass is 429 g/mol. The topological polar surface area (TPSA) is 77.8 Å². The van der Waals surface area contributed by atoms with Crippen LogP contribution in [-0.2, 0) is 4.79 Å². The molecule has 4 rings (SSSR count). The minimum Gasteiger partial charge on any atom is -0.503 e. The number of amides is 1. The highest BCUT2D eigenvalue weighted by atomic mass is 19.1. The SMILES string of the molecule is O=C(O)c1cccc(N2C(=O)C(O)=C(CC=Cc3ccccc3)C2c2cccc(F)c2)c1. The Hall–Kier alpha value is -4.19. The number of carbonyl (C=O) groups is 2. The summed E-state index contributed by atoms with van der Waals surface area (Å²) < 4.78 is 14.0. The fourth-order valence-electron chi connectivity index (χ4n) is 3.83. The first kappa shape index (κ1) is 21.1. The van der Waals surface area contributed by atoms with Gasteiger partial charge in [-0.2, -0.15) is 0 Å². The maximum absolute atomic E-state index is 14.0. The van der Waals surface area contributed by atoms with Gasteiger partial charge in [-0.1, -0.05) is 60.7 Å². The number of nitrogens with zero attached hydrogens (tertiary/aromatic N) is 1. The van der Waals surface area contributed by atoms with Crippen LogP contribution >= 0.6 is 0 Å². The molecular formula is C26H20FNO4. The minimum absolute atomic E-state index is 0.00482. The van der Waals surface area contributed by atoms with Crippen molar-refractivity contribution in [1.82, 2.24) is 0 Å². The molecule has 2 N–H and O–H groups in total. The van der Waals surface area contributed by atoms with Crippen molar-refractivity contribution in [3.05, 3.63) is 119 Å². The summed E-state index contributed by atoms with van der Waals surface area (Å²) in [6, 6.07) is 20.5. The zero-order chi connectivity index (χ0) is 22.7. The Morgan fingerprint density at radius 2 is 1.75 bits per heavy atom. The molecule has 160 valence electrons. The molecule has 1 heterocycles. The Labute approximate surface area is 184 Å². The second-order valence-corrected chi connectivity index (χ2v) is 7.38. The van der Waals surface area contributed by atoms with Crippen LogP contribution in [0.25, 0.3) is 6.08 Å². The minimum atomic E-state index is -1.14. The molecule has 32 heavy (non-hydrogen) atoms. The lowest BCUT2D eigenvalue weighted by Crippen LogP contribution is -2.30. The number of anilines is 1. The van der Waals surface area contributed by atoms with Crippen LogP contribution in [0, 0.1) is 5.82 Å². The number of halogens is 1. The quantitative estimate of drug-likeness (QED) is 0.540. The van der Waals surface area contributed by atoms with E-state index in [9.17, 15) is 24.2 Å². The Morgan fingerprint density at radius 1 is 1.00 bits per heavy atom. The maximum atomic E-state index is 14.0. The van der Waals surface area contributed by atoms with E-state index in [1.54, 1.807) is 12.1 Å². The zero-order valence-corrected chi connectivity index (χ0v) is 17.0. The maximum Gasteiger partial charge on any atom is 0.335 e. The summed E-state index contributed by atoms with van der Waals surface area (Å²) in [5.41, 5.74) is 2.16. The summed E-state index contributed by atoms with van der Waals surface area (Å²) >= 11 is 0. The number of carboxylic acids is 1. The fraction of sp³-hybridized carbons (Fsp3) is 0.0769. The molecule has 5 nitrogen and oxygen atoms in total. The molecule has 1 amide bonds. The number of carbonyl (C=O) groups excluding carboxylic acids is 1. The van der Waals surface area contributed by atoms with Crippen molar-refractivity contribution in [3.63, 3.8) is 0 Å². The van der Waals surface area contributed by atoms with Crippen molar-refractivity contribution in [1.29, 1.82) is 0 Å². The third-order valence-corrected chi connectivity index (χ3v) is 5.30. The van der Waals surface area contributed by atoms with Gasteiger partial charge in [0.05, 0.1) is 11.6 Å². The van der Waals surface area contributed by atoms with E-state index in [4.69, 9.17) is 0 Å². The number of benzene rings is 3. The van der Waals surface area contributed by atoms with Crippen LogP contribution in [0.3, 0.4) is 0 Å². The molecule has 1 unspecified atom stereocenters. The summed E-state index contributed by atoms with van der Waals surface area (Å²) in [4.78, 5) is 25.8. The predicted molar refractivity (Wildman–Crippen MR) is 120 cm³/mol. The lowest BCUT2D eigenvalue weighted by atomic mass is 9.96. The Balaban J connectivity index is 1.76. The van der Waals surface area contributed by atoms with Crippen molar-refractivity contribution in [2.75, 3.05) is 4.90 Å². The number of carboxylic acid groups (broad SMARTS) is 1. The Kier molecular flexibility index (Phi) is 5.85. The molecule has 1 aliphatic heterocycles. The van der Waals surface area contributed by atoms with Crippen LogP contribution in [0.1, 0.15) is 33.9 Å². The number of rotatable bonds is 6. The molecule has 6 heteroatoms. The molecule has 0 fully saturated rings. The van der Waals surface area contributed by atoms with Crippen LogP contribution in [0.15, 0.2) is 96.3 Å². The highest BCUT2D eigenvalue weighted by Crippen LogP contribution is 2.42. The lowest BCUT2D eigenvalue weighted by molar-refractivity contribution is -0.117. The van der Waals surface area contributed by atoms with E-state index in [1.165, 1.54) is 41.3 Å². The first-order chi connectivity index (χ1) is 15.5. The molecule has 1 aliphatic rings. The normalized spacial score (nSPS) is 16.2. The summed E-state index contributed by atoms with van der Waals surface area (Å²) in [6.07, 6.45) is 3.96. The molecule has 0 aromatic heterocycles. The van der Waals surface area contributed by atoms with Gasteiger partial charge in [0.1, 0.15) is 5.82 Å². The van der Waals surface area contributed by atoms with Gasteiger partial charge in [0.2, 0.25) is 0 Å². The van der Waals surface area contributed by atoms with Gasteiger partial charge >= 0.3 is 5.97 Å². The predicted octanol–water partition coefficient (Wildman–Crippen LogP) is 5.53. The van der Waals surface area contributed by atoms with Crippen molar-refractivity contribution in [2.24, 2.45) is 0 Å². The molecule has 0 radical (unpaired) electrons. The van der Waals surface area contributed by atoms with E-state index in [0.717, 1.165) is 5.56 Å². The van der Waals surface area contributed by atoms with Gasteiger partial charge in [-0.15, -0.1) is 0 Å². The molecule has 3 aromatic rings. The van der Waals surface area contributed by atoms with Crippen LogP contribution in [-0.4, -0.2) is 22.1 Å². The van der Waals surface area contributed by atoms with Gasteiger partial charge in [0.25, 0.3) is 5.91 Å². The number of aliphatic hydroxyl groups excluding tert-OH is 1. The second-order valence-electron chi connectivity index (χ2n) is 7.38. The highest BCUT2D eigenvalue weighted by Gasteiger charge is 2.41. The van der Waals surface area contributed by atoms with Crippen molar-refractivity contribution >= 4 is 23.6 Å². The first-order valence-corrected chi connectivity index (χ1v) is 10.0. The standard InChI is InChI=1S/C26H20FNO4/c27-20-12-5-10-18(15-20)23-22(14-4-9-17-7-2-1-3-8-17)24(29)25(30)28(23)21-13-6-11-19(16-21)26(31)32/h1-13,15-16,23,29H,14H2,(H,31,32). The summed E-state index contributed by atoms with van der Waals surface area (Å²) in [6.45, 7) is 0. The third kappa shape index (κ3) is 4.16. The summed E-state index contributed by atoms with van der Waals surface area (Å²) in [5, 5.41) is 20.1. The van der Waals surface area contributed by atoms with Crippen LogP contribution in [0.5, 0.6) is 0 Å². The largest absolute Gasteiger partial charge is 0.503 e. The van der Waals surface area contributed by atoms with E-state index in [1.807, 2.05) is 42.5 Å². The number of aliphatic hydroxyl groups is 1. The number of aromatic carboxylic acids is 1. The van der Waals surface area contributed by atoms with E-state index in [-0.39, 0.29) is 12.0 Å². The smallest absolute Gasteiger partial charge is 0.335 e. The number of hydrogen-bond donors (Lipinski definition) is 2. The van der Waals surface area contributed by atoms with E-state index in [2.05, 4.69) is 0 Å². The molecule has 1 atom stereocenters. The van der Waals surface area contributed by atoms with Crippen LogP contribution in [0.4, 0.5) is 10.1 Å². The Bertz CT molecular complexity index is 1230. The average Bonchev–Trinajstić information content (AvgIpc) is 3.05. The van der Waals surface area contributed by atoms with Crippen molar-refractivity contribution in [3.8, 4) is 0 Å². The number of allylic oxidation sites excluding steroid dienone is 1.